The summed E-state index contributed by atoms with van der Waals surface area (Å²) in [5, 5.41) is 15.6. The van der Waals surface area contributed by atoms with E-state index in [0.717, 1.165) is 51.0 Å². The minimum absolute atomic E-state index is 0.0626. The molecule has 11 heteroatoms. The van der Waals surface area contributed by atoms with Gasteiger partial charge in [-0.25, -0.2) is 0 Å². The summed E-state index contributed by atoms with van der Waals surface area (Å²) in [5.74, 6) is 1.32. The van der Waals surface area contributed by atoms with Gasteiger partial charge in [0, 0.05) is 32.2 Å². The van der Waals surface area contributed by atoms with Crippen molar-refractivity contribution in [3.8, 4) is 11.6 Å². The first-order valence-corrected chi connectivity index (χ1v) is 12.8. The first kappa shape index (κ1) is 25.3. The Balaban J connectivity index is 1.47. The molecule has 2 aromatic heterocycles. The quantitative estimate of drug-likeness (QED) is 0.508. The van der Waals surface area contributed by atoms with Gasteiger partial charge in [0.15, 0.2) is 5.76 Å². The van der Waals surface area contributed by atoms with Crippen molar-refractivity contribution in [2.24, 2.45) is 0 Å². The molecule has 0 radical (unpaired) electrons. The maximum absolute atomic E-state index is 13.5. The Bertz CT molecular complexity index is 963. The first-order chi connectivity index (χ1) is 17.0. The van der Waals surface area contributed by atoms with Crippen molar-refractivity contribution in [3.63, 3.8) is 0 Å². The van der Waals surface area contributed by atoms with Gasteiger partial charge in [0.05, 0.1) is 13.2 Å². The number of aromatic nitrogens is 4. The Labute approximate surface area is 206 Å². The predicted octanol–water partition coefficient (Wildman–Crippen LogP) is 1.63. The van der Waals surface area contributed by atoms with Crippen LogP contribution in [0.2, 0.25) is 0 Å². The van der Waals surface area contributed by atoms with Gasteiger partial charge in [-0.1, -0.05) is 26.2 Å². The monoisotopic (exact) mass is 487 g/mol. The number of nitrogens with one attached hydrogen (secondary N) is 1. The number of aryl methyl sites for hydroxylation is 1. The zero-order valence-corrected chi connectivity index (χ0v) is 20.8. The molecule has 1 saturated heterocycles. The smallest absolute Gasteiger partial charge is 0.246 e. The number of ether oxygens (including phenoxy) is 1. The second-order valence-corrected chi connectivity index (χ2v) is 9.39. The highest BCUT2D eigenvalue weighted by atomic mass is 16.5. The van der Waals surface area contributed by atoms with Crippen molar-refractivity contribution in [2.75, 3.05) is 39.4 Å². The fourth-order valence-electron chi connectivity index (χ4n) is 4.77. The van der Waals surface area contributed by atoms with Crippen LogP contribution in [0.15, 0.2) is 16.5 Å². The Morgan fingerprint density at radius 3 is 2.69 bits per heavy atom. The average molecular weight is 488 g/mol. The lowest BCUT2D eigenvalue weighted by Gasteiger charge is -2.34. The van der Waals surface area contributed by atoms with Gasteiger partial charge in [-0.15, -0.1) is 10.2 Å². The van der Waals surface area contributed by atoms with E-state index in [-0.39, 0.29) is 24.4 Å². The van der Waals surface area contributed by atoms with Crippen LogP contribution >= 0.6 is 0 Å². The van der Waals surface area contributed by atoms with E-state index in [4.69, 9.17) is 9.15 Å². The van der Waals surface area contributed by atoms with E-state index in [0.29, 0.717) is 44.3 Å². The van der Waals surface area contributed by atoms with Crippen molar-refractivity contribution < 1.29 is 18.7 Å². The van der Waals surface area contributed by atoms with Gasteiger partial charge < -0.3 is 19.4 Å². The van der Waals surface area contributed by atoms with E-state index in [9.17, 15) is 9.59 Å². The highest BCUT2D eigenvalue weighted by Gasteiger charge is 2.32. The van der Waals surface area contributed by atoms with Crippen molar-refractivity contribution in [2.45, 2.75) is 71.0 Å². The summed E-state index contributed by atoms with van der Waals surface area (Å²) in [7, 11) is 0. The lowest BCUT2D eigenvalue weighted by molar-refractivity contribution is -0.142. The fraction of sp³-hybridized carbons (Fsp3) is 0.708. The van der Waals surface area contributed by atoms with Crippen LogP contribution in [0.4, 0.5) is 0 Å². The number of rotatable bonds is 11. The molecule has 2 amide bonds. The zero-order valence-electron chi connectivity index (χ0n) is 20.8. The van der Waals surface area contributed by atoms with Crippen LogP contribution in [0, 0.1) is 6.92 Å². The molecule has 192 valence electrons. The Morgan fingerprint density at radius 2 is 2.00 bits per heavy atom. The van der Waals surface area contributed by atoms with Crippen LogP contribution in [0.25, 0.3) is 11.6 Å². The van der Waals surface area contributed by atoms with Crippen LogP contribution in [-0.2, 0) is 20.9 Å². The SMILES string of the molecule is CCCC(C(=O)NC1CCCC1)N(CCN1CCOCC1)C(=O)Cn1nnc(-c2ccc(C)o2)n1. The summed E-state index contributed by atoms with van der Waals surface area (Å²) in [6.45, 7) is 7.96. The Morgan fingerprint density at radius 1 is 1.23 bits per heavy atom. The van der Waals surface area contributed by atoms with Crippen LogP contribution in [0.5, 0.6) is 0 Å². The van der Waals surface area contributed by atoms with E-state index < -0.39 is 6.04 Å². The molecule has 0 bridgehead atoms. The molecular formula is C24H37N7O4. The standard InChI is InChI=1S/C24H37N7O4/c1-3-6-20(24(33)25-19-7-4-5-8-19)30(12-11-29-13-15-34-16-14-29)22(32)17-31-27-23(26-28-31)21-10-9-18(2)35-21/h9-10,19-20H,3-8,11-17H2,1-2H3,(H,25,33). The van der Waals surface area contributed by atoms with Crippen LogP contribution in [-0.4, -0.2) is 93.3 Å². The summed E-state index contributed by atoms with van der Waals surface area (Å²) >= 11 is 0. The van der Waals surface area contributed by atoms with Crippen molar-refractivity contribution in [3.05, 3.63) is 17.9 Å². The van der Waals surface area contributed by atoms with Gasteiger partial charge in [0.2, 0.25) is 17.6 Å². The maximum atomic E-state index is 13.5. The molecule has 2 fully saturated rings. The predicted molar refractivity (Wildman–Crippen MR) is 128 cm³/mol. The largest absolute Gasteiger partial charge is 0.458 e. The Hall–Kier alpha value is -2.79. The second kappa shape index (κ2) is 12.3. The van der Waals surface area contributed by atoms with Crippen LogP contribution in [0.3, 0.4) is 0 Å². The number of carbonyl (C=O) groups is 2. The van der Waals surface area contributed by atoms with E-state index in [2.05, 4.69) is 25.6 Å². The summed E-state index contributed by atoms with van der Waals surface area (Å²) in [6, 6.07) is 3.28. The second-order valence-electron chi connectivity index (χ2n) is 9.39. The van der Waals surface area contributed by atoms with Crippen molar-refractivity contribution in [1.82, 2.24) is 35.3 Å². The molecule has 1 saturated carbocycles. The van der Waals surface area contributed by atoms with E-state index in [1.54, 1.807) is 11.0 Å². The van der Waals surface area contributed by atoms with Gasteiger partial charge in [-0.05, 0) is 43.5 Å². The summed E-state index contributed by atoms with van der Waals surface area (Å²) in [4.78, 5) is 32.1. The molecular weight excluding hydrogens is 450 g/mol. The molecule has 2 aliphatic rings. The number of morpholine rings is 1. The number of nitrogens with zero attached hydrogens (tertiary/aromatic N) is 6. The van der Waals surface area contributed by atoms with E-state index in [1.165, 1.54) is 4.80 Å². The van der Waals surface area contributed by atoms with E-state index >= 15 is 0 Å². The molecule has 11 nitrogen and oxygen atoms in total. The topological polar surface area (TPSA) is 119 Å². The lowest BCUT2D eigenvalue weighted by Crippen LogP contribution is -2.54. The third kappa shape index (κ3) is 6.88. The third-order valence-electron chi connectivity index (χ3n) is 6.71. The summed E-state index contributed by atoms with van der Waals surface area (Å²) < 4.78 is 11.0. The molecule has 35 heavy (non-hydrogen) atoms. The molecule has 3 heterocycles. The number of carbonyl (C=O) groups excluding carboxylic acids is 2. The Kier molecular flexibility index (Phi) is 8.86. The molecule has 1 unspecified atom stereocenters. The van der Waals surface area contributed by atoms with Gasteiger partial charge in [-0.2, -0.15) is 4.80 Å². The summed E-state index contributed by atoms with van der Waals surface area (Å²) in [5.41, 5.74) is 0. The minimum Gasteiger partial charge on any atom is -0.458 e. The molecule has 2 aromatic rings. The van der Waals surface area contributed by atoms with Gasteiger partial charge >= 0.3 is 0 Å². The number of hydrogen-bond donors (Lipinski definition) is 1. The highest BCUT2D eigenvalue weighted by molar-refractivity contribution is 5.87. The molecule has 0 aromatic carbocycles. The van der Waals surface area contributed by atoms with Crippen LogP contribution < -0.4 is 5.32 Å². The zero-order chi connectivity index (χ0) is 24.6. The summed E-state index contributed by atoms with van der Waals surface area (Å²) in [6.07, 6.45) is 5.69. The van der Waals surface area contributed by atoms with Gasteiger partial charge in [0.1, 0.15) is 18.3 Å². The first-order valence-electron chi connectivity index (χ1n) is 12.8. The van der Waals surface area contributed by atoms with Crippen LogP contribution in [0.1, 0.15) is 51.2 Å². The molecule has 1 aliphatic carbocycles. The molecule has 1 N–H and O–H groups in total. The van der Waals surface area contributed by atoms with Crippen molar-refractivity contribution >= 4 is 11.8 Å². The molecule has 4 rings (SSSR count). The van der Waals surface area contributed by atoms with Gasteiger partial charge in [0.25, 0.3) is 0 Å². The number of hydrogen-bond acceptors (Lipinski definition) is 8. The maximum Gasteiger partial charge on any atom is 0.246 e. The molecule has 1 atom stereocenters. The highest BCUT2D eigenvalue weighted by Crippen LogP contribution is 2.19. The lowest BCUT2D eigenvalue weighted by atomic mass is 10.1. The average Bonchev–Trinajstić information content (AvgIpc) is 3.62. The normalized spacial score (nSPS) is 18.0. The minimum atomic E-state index is -0.523. The van der Waals surface area contributed by atoms with Crippen molar-refractivity contribution in [1.29, 1.82) is 0 Å². The third-order valence-corrected chi connectivity index (χ3v) is 6.71. The van der Waals surface area contributed by atoms with E-state index in [1.807, 2.05) is 19.9 Å². The number of furan rings is 1. The number of tetrazole rings is 1. The fourth-order valence-corrected chi connectivity index (χ4v) is 4.77. The molecule has 0 spiro atoms. The number of amides is 2. The van der Waals surface area contributed by atoms with Gasteiger partial charge in [-0.3, -0.25) is 14.5 Å². The molecule has 1 aliphatic heterocycles.